The summed E-state index contributed by atoms with van der Waals surface area (Å²) in [6, 6.07) is 3.72. The number of carbonyl (C=O) groups is 1. The second-order valence-corrected chi connectivity index (χ2v) is 2.81. The van der Waals surface area contributed by atoms with Gasteiger partial charge in [0, 0.05) is 18.8 Å². The Bertz CT molecular complexity index is 290. The normalized spacial score (nSPS) is 10.5. The van der Waals surface area contributed by atoms with Gasteiger partial charge in [0.05, 0.1) is 0 Å². The van der Waals surface area contributed by atoms with Crippen molar-refractivity contribution >= 4 is 5.78 Å². The van der Waals surface area contributed by atoms with E-state index in [4.69, 9.17) is 0 Å². The molecule has 0 radical (unpaired) electrons. The average Bonchev–Trinajstić information content (AvgIpc) is 2.16. The molecule has 0 atom stereocenters. The van der Waals surface area contributed by atoms with Crippen LogP contribution in [0.1, 0.15) is 18.9 Å². The summed E-state index contributed by atoms with van der Waals surface area (Å²) in [5.41, 5.74) is 1.01. The highest BCUT2D eigenvalue weighted by Gasteiger charge is 1.97. The Kier molecular flexibility index (Phi) is 3.89. The van der Waals surface area contributed by atoms with Crippen LogP contribution in [-0.2, 0) is 11.2 Å². The van der Waals surface area contributed by atoms with Gasteiger partial charge in [-0.3, -0.25) is 9.78 Å². The Morgan fingerprint density at radius 1 is 1.46 bits per heavy atom. The fourth-order valence-corrected chi connectivity index (χ4v) is 1.01. The summed E-state index contributed by atoms with van der Waals surface area (Å²) in [6.07, 6.45) is 8.29. The zero-order valence-corrected chi connectivity index (χ0v) is 7.73. The Labute approximate surface area is 78.3 Å². The highest BCUT2D eigenvalue weighted by Crippen LogP contribution is 1.99. The van der Waals surface area contributed by atoms with E-state index in [1.807, 2.05) is 25.1 Å². The molecule has 0 aliphatic rings. The molecule has 0 fully saturated rings. The first-order valence-corrected chi connectivity index (χ1v) is 4.41. The van der Waals surface area contributed by atoms with E-state index in [0.29, 0.717) is 6.42 Å². The number of pyridine rings is 1. The van der Waals surface area contributed by atoms with Gasteiger partial charge in [0.2, 0.25) is 0 Å². The largest absolute Gasteiger partial charge is 0.294 e. The number of aromatic nitrogens is 1. The van der Waals surface area contributed by atoms with Crippen LogP contribution in [0.2, 0.25) is 0 Å². The molecule has 0 amide bonds. The van der Waals surface area contributed by atoms with E-state index in [-0.39, 0.29) is 5.78 Å². The number of hydrogen-bond donors (Lipinski definition) is 0. The topological polar surface area (TPSA) is 30.0 Å². The van der Waals surface area contributed by atoms with Crippen molar-refractivity contribution in [3.05, 3.63) is 42.2 Å². The van der Waals surface area contributed by atoms with Gasteiger partial charge < -0.3 is 0 Å². The van der Waals surface area contributed by atoms with E-state index >= 15 is 0 Å². The van der Waals surface area contributed by atoms with Gasteiger partial charge in [-0.15, -0.1) is 0 Å². The molecule has 0 N–H and O–H groups in total. The Morgan fingerprint density at radius 2 is 2.15 bits per heavy atom. The first-order valence-electron chi connectivity index (χ1n) is 4.41. The smallest absolute Gasteiger partial charge is 0.159 e. The van der Waals surface area contributed by atoms with Crippen LogP contribution in [0.3, 0.4) is 0 Å². The minimum Gasteiger partial charge on any atom is -0.294 e. The Balaban J connectivity index is 2.50. The van der Waals surface area contributed by atoms with E-state index in [2.05, 4.69) is 4.98 Å². The van der Waals surface area contributed by atoms with Crippen LogP contribution in [0, 0.1) is 0 Å². The van der Waals surface area contributed by atoms with Crippen molar-refractivity contribution in [1.29, 1.82) is 0 Å². The zero-order chi connectivity index (χ0) is 9.52. The number of allylic oxidation sites excluding steroid dienone is 2. The maximum atomic E-state index is 11.3. The second-order valence-electron chi connectivity index (χ2n) is 2.81. The van der Waals surface area contributed by atoms with Crippen molar-refractivity contribution in [2.45, 2.75) is 19.8 Å². The number of rotatable bonds is 4. The fraction of sp³-hybridized carbons (Fsp3) is 0.273. The minimum atomic E-state index is 0.146. The molecule has 0 unspecified atom stereocenters. The van der Waals surface area contributed by atoms with Crippen LogP contribution in [-0.4, -0.2) is 10.8 Å². The van der Waals surface area contributed by atoms with Crippen LogP contribution in [0.5, 0.6) is 0 Å². The number of nitrogens with zero attached hydrogens (tertiary/aromatic N) is 1. The van der Waals surface area contributed by atoms with Crippen LogP contribution < -0.4 is 0 Å². The molecule has 0 spiro atoms. The number of carbonyl (C=O) groups excluding carboxylic acids is 1. The van der Waals surface area contributed by atoms with E-state index in [9.17, 15) is 4.79 Å². The highest BCUT2D eigenvalue weighted by molar-refractivity contribution is 5.91. The summed E-state index contributed by atoms with van der Waals surface area (Å²) in [4.78, 5) is 15.1. The van der Waals surface area contributed by atoms with Gasteiger partial charge in [0.15, 0.2) is 5.78 Å². The molecular formula is C11H13NO. The van der Waals surface area contributed by atoms with E-state index in [1.54, 1.807) is 18.5 Å². The molecule has 1 heterocycles. The summed E-state index contributed by atoms with van der Waals surface area (Å²) in [7, 11) is 0. The Morgan fingerprint density at radius 3 is 2.77 bits per heavy atom. The maximum absolute atomic E-state index is 11.3. The van der Waals surface area contributed by atoms with Crippen LogP contribution in [0.4, 0.5) is 0 Å². The lowest BCUT2D eigenvalue weighted by atomic mass is 10.1. The molecule has 0 aromatic carbocycles. The lowest BCUT2D eigenvalue weighted by Gasteiger charge is -1.94. The molecule has 0 saturated heterocycles. The lowest BCUT2D eigenvalue weighted by molar-refractivity contribution is -0.114. The van der Waals surface area contributed by atoms with Crippen molar-refractivity contribution in [2.75, 3.05) is 0 Å². The number of ketones is 1. The SMILES string of the molecule is CC/C=C/C(=O)Cc1ccncc1. The van der Waals surface area contributed by atoms with Crippen LogP contribution in [0.25, 0.3) is 0 Å². The van der Waals surface area contributed by atoms with E-state index in [1.165, 1.54) is 0 Å². The number of hydrogen-bond acceptors (Lipinski definition) is 2. The van der Waals surface area contributed by atoms with Gasteiger partial charge in [-0.1, -0.05) is 13.0 Å². The molecule has 1 aromatic rings. The molecular weight excluding hydrogens is 162 g/mol. The molecule has 0 aliphatic carbocycles. The molecule has 2 heteroatoms. The maximum Gasteiger partial charge on any atom is 0.159 e. The summed E-state index contributed by atoms with van der Waals surface area (Å²) in [6.45, 7) is 2.01. The second kappa shape index (κ2) is 5.25. The molecule has 0 aliphatic heterocycles. The fourth-order valence-electron chi connectivity index (χ4n) is 1.01. The average molecular weight is 175 g/mol. The first kappa shape index (κ1) is 9.65. The summed E-state index contributed by atoms with van der Waals surface area (Å²) in [5, 5.41) is 0. The highest BCUT2D eigenvalue weighted by atomic mass is 16.1. The van der Waals surface area contributed by atoms with Crippen molar-refractivity contribution < 1.29 is 4.79 Å². The molecule has 1 rings (SSSR count). The van der Waals surface area contributed by atoms with Crippen molar-refractivity contribution in [3.63, 3.8) is 0 Å². The lowest BCUT2D eigenvalue weighted by Crippen LogP contribution is -1.97. The van der Waals surface area contributed by atoms with Crippen molar-refractivity contribution in [3.8, 4) is 0 Å². The van der Waals surface area contributed by atoms with Gasteiger partial charge in [-0.25, -0.2) is 0 Å². The van der Waals surface area contributed by atoms with Crippen LogP contribution in [0.15, 0.2) is 36.7 Å². The van der Waals surface area contributed by atoms with Crippen LogP contribution >= 0.6 is 0 Å². The monoisotopic (exact) mass is 175 g/mol. The summed E-state index contributed by atoms with van der Waals surface area (Å²) in [5.74, 6) is 0.146. The summed E-state index contributed by atoms with van der Waals surface area (Å²) >= 11 is 0. The van der Waals surface area contributed by atoms with Gasteiger partial charge in [-0.05, 0) is 30.2 Å². The standard InChI is InChI=1S/C11H13NO/c1-2-3-4-11(13)9-10-5-7-12-8-6-10/h3-8H,2,9H2,1H3/b4-3+. The predicted molar refractivity (Wildman–Crippen MR) is 52.4 cm³/mol. The van der Waals surface area contributed by atoms with Crippen molar-refractivity contribution in [2.24, 2.45) is 0 Å². The van der Waals surface area contributed by atoms with E-state index < -0.39 is 0 Å². The molecule has 2 nitrogen and oxygen atoms in total. The summed E-state index contributed by atoms with van der Waals surface area (Å²) < 4.78 is 0. The Hall–Kier alpha value is -1.44. The molecule has 68 valence electrons. The zero-order valence-electron chi connectivity index (χ0n) is 7.73. The third-order valence-electron chi connectivity index (χ3n) is 1.67. The molecule has 1 aromatic heterocycles. The predicted octanol–water partition coefficient (Wildman–Crippen LogP) is 2.16. The minimum absolute atomic E-state index is 0.146. The third kappa shape index (κ3) is 3.65. The molecule has 0 bridgehead atoms. The van der Waals surface area contributed by atoms with Gasteiger partial charge in [0.1, 0.15) is 0 Å². The van der Waals surface area contributed by atoms with E-state index in [0.717, 1.165) is 12.0 Å². The quantitative estimate of drug-likeness (QED) is 0.656. The van der Waals surface area contributed by atoms with Gasteiger partial charge >= 0.3 is 0 Å². The van der Waals surface area contributed by atoms with Gasteiger partial charge in [0.25, 0.3) is 0 Å². The molecule has 13 heavy (non-hydrogen) atoms. The third-order valence-corrected chi connectivity index (χ3v) is 1.67. The molecule has 0 saturated carbocycles. The first-order chi connectivity index (χ1) is 6.33. The van der Waals surface area contributed by atoms with Gasteiger partial charge in [-0.2, -0.15) is 0 Å². The van der Waals surface area contributed by atoms with Crippen molar-refractivity contribution in [1.82, 2.24) is 4.98 Å².